The SMILES string of the molecule is CC[C@@H](c1ccc(Cl)c(F)c1)N1CCNCC1. The molecule has 1 atom stereocenters. The molecule has 17 heavy (non-hydrogen) atoms. The summed E-state index contributed by atoms with van der Waals surface area (Å²) in [5, 5.41) is 3.53. The summed E-state index contributed by atoms with van der Waals surface area (Å²) in [6.45, 7) is 6.18. The van der Waals surface area contributed by atoms with E-state index in [4.69, 9.17) is 11.6 Å². The van der Waals surface area contributed by atoms with Crippen LogP contribution in [0.1, 0.15) is 24.9 Å². The third kappa shape index (κ3) is 2.97. The van der Waals surface area contributed by atoms with E-state index < -0.39 is 0 Å². The summed E-state index contributed by atoms with van der Waals surface area (Å²) >= 11 is 5.72. The van der Waals surface area contributed by atoms with Crippen molar-refractivity contribution in [2.24, 2.45) is 0 Å². The molecule has 0 aliphatic carbocycles. The molecule has 1 aliphatic heterocycles. The van der Waals surface area contributed by atoms with Crippen LogP contribution in [0.15, 0.2) is 18.2 Å². The molecule has 0 aromatic heterocycles. The van der Waals surface area contributed by atoms with Gasteiger partial charge in [-0.3, -0.25) is 4.90 Å². The topological polar surface area (TPSA) is 15.3 Å². The van der Waals surface area contributed by atoms with E-state index in [0.717, 1.165) is 38.2 Å². The highest BCUT2D eigenvalue weighted by Crippen LogP contribution is 2.27. The highest BCUT2D eigenvalue weighted by Gasteiger charge is 2.21. The van der Waals surface area contributed by atoms with Gasteiger partial charge in [-0.05, 0) is 24.1 Å². The number of hydrogen-bond donors (Lipinski definition) is 1. The lowest BCUT2D eigenvalue weighted by Crippen LogP contribution is -2.45. The van der Waals surface area contributed by atoms with Gasteiger partial charge >= 0.3 is 0 Å². The molecular weight excluding hydrogens is 239 g/mol. The van der Waals surface area contributed by atoms with Crippen molar-refractivity contribution in [2.45, 2.75) is 19.4 Å². The molecule has 1 aromatic rings. The van der Waals surface area contributed by atoms with Crippen molar-refractivity contribution in [1.29, 1.82) is 0 Å². The molecule has 94 valence electrons. The van der Waals surface area contributed by atoms with Gasteiger partial charge in [-0.1, -0.05) is 24.6 Å². The van der Waals surface area contributed by atoms with Crippen LogP contribution in [0.3, 0.4) is 0 Å². The zero-order valence-electron chi connectivity index (χ0n) is 10.0. The second-order valence-electron chi connectivity index (χ2n) is 4.38. The maximum absolute atomic E-state index is 13.5. The molecule has 1 N–H and O–H groups in total. The smallest absolute Gasteiger partial charge is 0.142 e. The average Bonchev–Trinajstić information content (AvgIpc) is 2.36. The monoisotopic (exact) mass is 256 g/mol. The van der Waals surface area contributed by atoms with E-state index in [0.29, 0.717) is 6.04 Å². The number of benzene rings is 1. The van der Waals surface area contributed by atoms with Gasteiger partial charge in [0.25, 0.3) is 0 Å². The van der Waals surface area contributed by atoms with Crippen molar-refractivity contribution in [2.75, 3.05) is 26.2 Å². The molecule has 1 aliphatic rings. The Morgan fingerprint density at radius 2 is 2.12 bits per heavy atom. The summed E-state index contributed by atoms with van der Waals surface area (Å²) in [4.78, 5) is 2.40. The van der Waals surface area contributed by atoms with Gasteiger partial charge in [0.15, 0.2) is 0 Å². The van der Waals surface area contributed by atoms with Gasteiger partial charge in [0, 0.05) is 32.2 Å². The Kier molecular flexibility index (Phi) is 4.37. The zero-order valence-corrected chi connectivity index (χ0v) is 10.8. The van der Waals surface area contributed by atoms with Gasteiger partial charge in [0.05, 0.1) is 5.02 Å². The summed E-state index contributed by atoms with van der Waals surface area (Å²) in [6, 6.07) is 5.45. The number of nitrogens with zero attached hydrogens (tertiary/aromatic N) is 1. The summed E-state index contributed by atoms with van der Waals surface area (Å²) < 4.78 is 13.5. The van der Waals surface area contributed by atoms with E-state index in [-0.39, 0.29) is 10.8 Å². The number of rotatable bonds is 3. The fourth-order valence-electron chi connectivity index (χ4n) is 2.42. The molecule has 1 saturated heterocycles. The first-order chi connectivity index (χ1) is 8.22. The molecule has 1 fully saturated rings. The summed E-state index contributed by atoms with van der Waals surface area (Å²) in [6.07, 6.45) is 0.987. The fourth-order valence-corrected chi connectivity index (χ4v) is 2.54. The van der Waals surface area contributed by atoms with E-state index >= 15 is 0 Å². The van der Waals surface area contributed by atoms with Gasteiger partial charge < -0.3 is 5.32 Å². The molecule has 0 radical (unpaired) electrons. The Morgan fingerprint density at radius 1 is 1.41 bits per heavy atom. The van der Waals surface area contributed by atoms with Gasteiger partial charge in [0.1, 0.15) is 5.82 Å². The number of piperazine rings is 1. The fraction of sp³-hybridized carbons (Fsp3) is 0.538. The van der Waals surface area contributed by atoms with E-state index in [2.05, 4.69) is 17.1 Å². The standard InChI is InChI=1S/C13H18ClFN2/c1-2-13(17-7-5-16-6-8-17)10-3-4-11(14)12(15)9-10/h3-4,9,13,16H,2,5-8H2,1H3/t13-/m0/s1. The molecule has 4 heteroatoms. The van der Waals surface area contributed by atoms with Crippen molar-refractivity contribution in [3.63, 3.8) is 0 Å². The van der Waals surface area contributed by atoms with Crippen LogP contribution >= 0.6 is 11.6 Å². The van der Waals surface area contributed by atoms with Gasteiger partial charge in [-0.25, -0.2) is 4.39 Å². The number of nitrogens with one attached hydrogen (secondary N) is 1. The maximum Gasteiger partial charge on any atom is 0.142 e. The minimum absolute atomic E-state index is 0.198. The Balaban J connectivity index is 2.18. The lowest BCUT2D eigenvalue weighted by Gasteiger charge is -2.34. The quantitative estimate of drug-likeness (QED) is 0.895. The highest BCUT2D eigenvalue weighted by molar-refractivity contribution is 6.30. The lowest BCUT2D eigenvalue weighted by molar-refractivity contribution is 0.169. The first-order valence-corrected chi connectivity index (χ1v) is 6.50. The molecular formula is C13H18ClFN2. The molecule has 2 nitrogen and oxygen atoms in total. The lowest BCUT2D eigenvalue weighted by atomic mass is 10.0. The maximum atomic E-state index is 13.5. The zero-order chi connectivity index (χ0) is 12.3. The first-order valence-electron chi connectivity index (χ1n) is 6.12. The Bertz CT molecular complexity index is 378. The van der Waals surface area contributed by atoms with Crippen molar-refractivity contribution in [1.82, 2.24) is 10.2 Å². The Labute approximate surface area is 107 Å². The summed E-state index contributed by atoms with van der Waals surface area (Å²) in [7, 11) is 0. The minimum atomic E-state index is -0.322. The summed E-state index contributed by atoms with van der Waals surface area (Å²) in [5.41, 5.74) is 1.02. The van der Waals surface area contributed by atoms with Crippen LogP contribution in [0, 0.1) is 5.82 Å². The highest BCUT2D eigenvalue weighted by atomic mass is 35.5. The third-order valence-electron chi connectivity index (χ3n) is 3.31. The largest absolute Gasteiger partial charge is 0.314 e. The van der Waals surface area contributed by atoms with E-state index in [1.807, 2.05) is 6.07 Å². The van der Waals surface area contributed by atoms with Crippen molar-refractivity contribution < 1.29 is 4.39 Å². The average molecular weight is 257 g/mol. The van der Waals surface area contributed by atoms with Crippen LogP contribution < -0.4 is 5.32 Å². The molecule has 2 rings (SSSR count). The van der Waals surface area contributed by atoms with Gasteiger partial charge in [0.2, 0.25) is 0 Å². The van der Waals surface area contributed by atoms with Gasteiger partial charge in [-0.2, -0.15) is 0 Å². The van der Waals surface area contributed by atoms with Crippen LogP contribution in [0.5, 0.6) is 0 Å². The molecule has 0 spiro atoms. The van der Waals surface area contributed by atoms with Gasteiger partial charge in [-0.15, -0.1) is 0 Å². The third-order valence-corrected chi connectivity index (χ3v) is 3.61. The normalized spacial score (nSPS) is 19.2. The predicted octanol–water partition coefficient (Wildman–Crippen LogP) is 2.84. The van der Waals surface area contributed by atoms with Crippen LogP contribution in [0.2, 0.25) is 5.02 Å². The van der Waals surface area contributed by atoms with Crippen molar-refractivity contribution in [3.8, 4) is 0 Å². The number of hydrogen-bond acceptors (Lipinski definition) is 2. The van der Waals surface area contributed by atoms with Crippen molar-refractivity contribution >= 4 is 11.6 Å². The first kappa shape index (κ1) is 12.8. The Hall–Kier alpha value is -0.640. The molecule has 0 saturated carbocycles. The van der Waals surface area contributed by atoms with E-state index in [1.165, 1.54) is 0 Å². The molecule has 0 unspecified atom stereocenters. The minimum Gasteiger partial charge on any atom is -0.314 e. The Morgan fingerprint density at radius 3 is 2.71 bits per heavy atom. The van der Waals surface area contributed by atoms with Crippen LogP contribution in [-0.2, 0) is 0 Å². The van der Waals surface area contributed by atoms with E-state index in [9.17, 15) is 4.39 Å². The molecule has 1 aromatic carbocycles. The second-order valence-corrected chi connectivity index (χ2v) is 4.79. The van der Waals surface area contributed by atoms with E-state index in [1.54, 1.807) is 12.1 Å². The van der Waals surface area contributed by atoms with Crippen LogP contribution in [0.4, 0.5) is 4.39 Å². The molecule has 1 heterocycles. The summed E-state index contributed by atoms with van der Waals surface area (Å²) in [5.74, 6) is -0.322. The number of halogens is 2. The molecule has 0 bridgehead atoms. The van der Waals surface area contributed by atoms with Crippen LogP contribution in [-0.4, -0.2) is 31.1 Å². The predicted molar refractivity (Wildman–Crippen MR) is 68.9 cm³/mol. The van der Waals surface area contributed by atoms with Crippen LogP contribution in [0.25, 0.3) is 0 Å². The van der Waals surface area contributed by atoms with Crippen molar-refractivity contribution in [3.05, 3.63) is 34.6 Å². The second kappa shape index (κ2) is 5.80. The molecule has 0 amide bonds.